The summed E-state index contributed by atoms with van der Waals surface area (Å²) in [5.41, 5.74) is 3.06. The highest BCUT2D eigenvalue weighted by Gasteiger charge is 2.22. The van der Waals surface area contributed by atoms with Gasteiger partial charge in [0.2, 0.25) is 5.91 Å². The smallest absolute Gasteiger partial charge is 0.230 e. The highest BCUT2D eigenvalue weighted by Crippen LogP contribution is 2.35. The summed E-state index contributed by atoms with van der Waals surface area (Å²) in [6.07, 6.45) is 1.05. The van der Waals surface area contributed by atoms with Crippen molar-refractivity contribution in [2.45, 2.75) is 38.7 Å². The molecule has 1 amide bonds. The van der Waals surface area contributed by atoms with Crippen LogP contribution in [0.3, 0.4) is 0 Å². The van der Waals surface area contributed by atoms with Crippen LogP contribution in [-0.2, 0) is 23.5 Å². The van der Waals surface area contributed by atoms with Crippen LogP contribution >= 0.6 is 11.8 Å². The van der Waals surface area contributed by atoms with Crippen LogP contribution in [0.15, 0.2) is 36.4 Å². The molecule has 1 heterocycles. The van der Waals surface area contributed by atoms with Gasteiger partial charge in [-0.05, 0) is 43.7 Å². The van der Waals surface area contributed by atoms with E-state index in [0.717, 1.165) is 34.6 Å². The molecule has 3 rings (SSSR count). The Morgan fingerprint density at radius 1 is 1.33 bits per heavy atom. The van der Waals surface area contributed by atoms with Gasteiger partial charge < -0.3 is 14.8 Å². The van der Waals surface area contributed by atoms with E-state index in [1.165, 1.54) is 23.9 Å². The van der Waals surface area contributed by atoms with E-state index >= 15 is 0 Å². The van der Waals surface area contributed by atoms with Gasteiger partial charge in [-0.2, -0.15) is 0 Å². The first-order valence-corrected chi connectivity index (χ1v) is 10.2. The van der Waals surface area contributed by atoms with Gasteiger partial charge in [0.05, 0.1) is 12.4 Å². The third-order valence-corrected chi connectivity index (χ3v) is 5.27. The number of carbonyl (C=O) groups excluding carboxylic acids is 1. The van der Waals surface area contributed by atoms with Crippen molar-refractivity contribution in [1.82, 2.24) is 5.32 Å². The lowest BCUT2D eigenvalue weighted by molar-refractivity contribution is -0.118. The van der Waals surface area contributed by atoms with Crippen molar-refractivity contribution >= 4 is 17.7 Å². The molecule has 1 atom stereocenters. The lowest BCUT2D eigenvalue weighted by Crippen LogP contribution is -2.25. The summed E-state index contributed by atoms with van der Waals surface area (Å²) in [5.74, 6) is 2.40. The zero-order valence-corrected chi connectivity index (χ0v) is 16.4. The van der Waals surface area contributed by atoms with Crippen molar-refractivity contribution < 1.29 is 18.7 Å². The van der Waals surface area contributed by atoms with Gasteiger partial charge in [0.25, 0.3) is 0 Å². The van der Waals surface area contributed by atoms with Crippen LogP contribution in [0.5, 0.6) is 11.5 Å². The summed E-state index contributed by atoms with van der Waals surface area (Å²) in [7, 11) is 0. The van der Waals surface area contributed by atoms with Gasteiger partial charge in [-0.25, -0.2) is 4.39 Å². The third-order valence-electron chi connectivity index (χ3n) is 4.27. The van der Waals surface area contributed by atoms with E-state index in [4.69, 9.17) is 9.47 Å². The fourth-order valence-corrected chi connectivity index (χ4v) is 3.81. The van der Waals surface area contributed by atoms with Crippen LogP contribution < -0.4 is 14.8 Å². The van der Waals surface area contributed by atoms with E-state index in [-0.39, 0.29) is 17.8 Å². The maximum atomic E-state index is 12.9. The van der Waals surface area contributed by atoms with Crippen molar-refractivity contribution in [1.29, 1.82) is 0 Å². The van der Waals surface area contributed by atoms with Crippen LogP contribution in [0.25, 0.3) is 0 Å². The summed E-state index contributed by atoms with van der Waals surface area (Å²) in [5, 5.41) is 2.94. The van der Waals surface area contributed by atoms with E-state index in [2.05, 4.69) is 5.32 Å². The molecule has 4 nitrogen and oxygen atoms in total. The number of rotatable bonds is 8. The van der Waals surface area contributed by atoms with Gasteiger partial charge in [-0.1, -0.05) is 12.1 Å². The van der Waals surface area contributed by atoms with Crippen molar-refractivity contribution in [2.75, 3.05) is 12.4 Å². The Kier molecular flexibility index (Phi) is 6.61. The van der Waals surface area contributed by atoms with Crippen LogP contribution in [-0.4, -0.2) is 24.4 Å². The Balaban J connectivity index is 1.52. The van der Waals surface area contributed by atoms with Gasteiger partial charge in [0, 0.05) is 29.8 Å². The Hall–Kier alpha value is -2.21. The molecule has 0 saturated carbocycles. The monoisotopic (exact) mass is 389 g/mol. The highest BCUT2D eigenvalue weighted by atomic mass is 32.2. The average Bonchev–Trinajstić information content (AvgIpc) is 3.00. The lowest BCUT2D eigenvalue weighted by Gasteiger charge is -2.13. The Morgan fingerprint density at radius 2 is 2.11 bits per heavy atom. The number of amides is 1. The molecule has 0 bridgehead atoms. The minimum absolute atomic E-state index is 0.0423. The van der Waals surface area contributed by atoms with Gasteiger partial charge in [-0.3, -0.25) is 4.79 Å². The zero-order chi connectivity index (χ0) is 19.2. The normalized spacial score (nSPS) is 15.1. The SMILES string of the molecule is CCOc1cc2c(cc1CNC(=O)CSCc1ccc(F)cc1)OC(C)C2. The number of hydrogen-bond donors (Lipinski definition) is 1. The predicted octanol–water partition coefficient (Wildman–Crippen LogP) is 4.10. The standard InChI is InChI=1S/C21H24FNO3S/c1-3-25-19-9-16-8-14(2)26-20(16)10-17(19)11-23-21(24)13-27-12-15-4-6-18(22)7-5-15/h4-7,9-10,14H,3,8,11-13H2,1-2H3,(H,23,24). The molecule has 0 aromatic heterocycles. The van der Waals surface area contributed by atoms with Crippen molar-refractivity contribution in [3.63, 3.8) is 0 Å². The molecule has 0 radical (unpaired) electrons. The predicted molar refractivity (Wildman–Crippen MR) is 106 cm³/mol. The molecular weight excluding hydrogens is 365 g/mol. The van der Waals surface area contributed by atoms with Gasteiger partial charge in [0.1, 0.15) is 23.4 Å². The van der Waals surface area contributed by atoms with Gasteiger partial charge >= 0.3 is 0 Å². The van der Waals surface area contributed by atoms with Crippen molar-refractivity contribution in [3.05, 3.63) is 58.9 Å². The van der Waals surface area contributed by atoms with E-state index in [9.17, 15) is 9.18 Å². The molecule has 1 unspecified atom stereocenters. The van der Waals surface area contributed by atoms with Crippen molar-refractivity contribution in [3.8, 4) is 11.5 Å². The minimum Gasteiger partial charge on any atom is -0.494 e. The molecule has 0 saturated heterocycles. The second kappa shape index (κ2) is 9.13. The second-order valence-corrected chi connectivity index (χ2v) is 7.51. The molecule has 2 aromatic rings. The van der Waals surface area contributed by atoms with Crippen LogP contribution in [0.1, 0.15) is 30.5 Å². The Morgan fingerprint density at radius 3 is 2.85 bits per heavy atom. The molecule has 0 spiro atoms. The van der Waals surface area contributed by atoms with Crippen LogP contribution in [0, 0.1) is 5.82 Å². The molecule has 27 heavy (non-hydrogen) atoms. The fourth-order valence-electron chi connectivity index (χ4n) is 3.00. The first-order valence-electron chi connectivity index (χ1n) is 9.09. The van der Waals surface area contributed by atoms with E-state index in [1.807, 2.05) is 26.0 Å². The summed E-state index contributed by atoms with van der Waals surface area (Å²) in [6.45, 7) is 4.96. The molecular formula is C21H24FNO3S. The first-order chi connectivity index (χ1) is 13.0. The maximum Gasteiger partial charge on any atom is 0.230 e. The van der Waals surface area contributed by atoms with E-state index in [1.54, 1.807) is 12.1 Å². The third kappa shape index (κ3) is 5.39. The largest absolute Gasteiger partial charge is 0.494 e. The van der Waals surface area contributed by atoms with Crippen molar-refractivity contribution in [2.24, 2.45) is 0 Å². The molecule has 2 aromatic carbocycles. The minimum atomic E-state index is -0.251. The quantitative estimate of drug-likeness (QED) is 0.739. The Bertz CT molecular complexity index is 795. The second-order valence-electron chi connectivity index (χ2n) is 6.53. The maximum absolute atomic E-state index is 12.9. The zero-order valence-electron chi connectivity index (χ0n) is 15.6. The number of fused-ring (bicyclic) bond motifs is 1. The van der Waals surface area contributed by atoms with Gasteiger partial charge in [0.15, 0.2) is 0 Å². The number of nitrogens with one attached hydrogen (secondary N) is 1. The van der Waals surface area contributed by atoms with E-state index < -0.39 is 0 Å². The number of halogens is 1. The molecule has 0 aliphatic carbocycles. The number of carbonyl (C=O) groups is 1. The Labute approximate surface area is 163 Å². The molecule has 0 fully saturated rings. The summed E-state index contributed by atoms with van der Waals surface area (Å²) >= 11 is 1.50. The summed E-state index contributed by atoms with van der Waals surface area (Å²) < 4.78 is 24.4. The molecule has 1 aliphatic rings. The molecule has 1 N–H and O–H groups in total. The highest BCUT2D eigenvalue weighted by molar-refractivity contribution is 7.99. The van der Waals surface area contributed by atoms with Crippen LogP contribution in [0.4, 0.5) is 4.39 Å². The molecule has 6 heteroatoms. The fraction of sp³-hybridized carbons (Fsp3) is 0.381. The molecule has 144 valence electrons. The molecule has 1 aliphatic heterocycles. The average molecular weight is 389 g/mol. The number of ether oxygens (including phenoxy) is 2. The van der Waals surface area contributed by atoms with E-state index in [0.29, 0.717) is 24.7 Å². The number of hydrogen-bond acceptors (Lipinski definition) is 4. The first kappa shape index (κ1) is 19.5. The summed E-state index contributed by atoms with van der Waals surface area (Å²) in [4.78, 5) is 12.2. The summed E-state index contributed by atoms with van der Waals surface area (Å²) in [6, 6.07) is 10.3. The lowest BCUT2D eigenvalue weighted by atomic mass is 10.1. The van der Waals surface area contributed by atoms with Gasteiger partial charge in [-0.15, -0.1) is 11.8 Å². The topological polar surface area (TPSA) is 47.6 Å². The number of thioether (sulfide) groups is 1. The number of benzene rings is 2. The van der Waals surface area contributed by atoms with Crippen LogP contribution in [0.2, 0.25) is 0 Å².